The number of aliphatic hydroxyl groups excluding tert-OH is 1. The molecular formula is C20H31NO6. The summed E-state index contributed by atoms with van der Waals surface area (Å²) in [7, 11) is 1.28. The molecule has 1 heterocycles. The van der Waals surface area contributed by atoms with E-state index in [1.807, 2.05) is 26.0 Å². The van der Waals surface area contributed by atoms with Crippen molar-refractivity contribution in [3.05, 3.63) is 29.7 Å². The molecule has 0 fully saturated rings. The normalized spacial score (nSPS) is 12.3. The van der Waals surface area contributed by atoms with E-state index in [0.717, 1.165) is 37.9 Å². The van der Waals surface area contributed by atoms with Crippen LogP contribution in [0.25, 0.3) is 6.08 Å². The number of esters is 1. The number of amides is 1. The van der Waals surface area contributed by atoms with Crippen molar-refractivity contribution in [2.24, 2.45) is 5.92 Å². The van der Waals surface area contributed by atoms with E-state index in [1.54, 1.807) is 12.2 Å². The number of hydrogen-bond donors (Lipinski definition) is 2. The Balaban J connectivity index is 2.32. The lowest BCUT2D eigenvalue weighted by atomic mass is 10.1. The first-order valence-electron chi connectivity index (χ1n) is 9.35. The number of carbonyl (C=O) groups is 2. The molecule has 0 saturated carbocycles. The number of methoxy groups -OCH3 is 1. The summed E-state index contributed by atoms with van der Waals surface area (Å²) in [5.74, 6) is 0.997. The van der Waals surface area contributed by atoms with Gasteiger partial charge in [0.15, 0.2) is 0 Å². The molecule has 0 aliphatic rings. The van der Waals surface area contributed by atoms with Gasteiger partial charge in [0.05, 0.1) is 7.11 Å². The van der Waals surface area contributed by atoms with E-state index in [4.69, 9.17) is 14.3 Å². The first-order chi connectivity index (χ1) is 13.0. The molecule has 0 radical (unpaired) electrons. The number of alkyl carbamates (subject to hydrolysis) is 1. The predicted octanol–water partition coefficient (Wildman–Crippen LogP) is 3.31. The van der Waals surface area contributed by atoms with E-state index in [9.17, 15) is 9.59 Å². The lowest BCUT2D eigenvalue weighted by Gasteiger charge is -2.19. The van der Waals surface area contributed by atoms with E-state index in [1.165, 1.54) is 7.11 Å². The van der Waals surface area contributed by atoms with Crippen LogP contribution in [0, 0.1) is 5.92 Å². The fourth-order valence-corrected chi connectivity index (χ4v) is 2.46. The maximum atomic E-state index is 11.8. The van der Waals surface area contributed by atoms with Crippen molar-refractivity contribution in [1.82, 2.24) is 5.32 Å². The highest BCUT2D eigenvalue weighted by Crippen LogP contribution is 2.13. The summed E-state index contributed by atoms with van der Waals surface area (Å²) in [6.07, 6.45) is 7.56. The van der Waals surface area contributed by atoms with Gasteiger partial charge in [-0.3, -0.25) is 0 Å². The van der Waals surface area contributed by atoms with Gasteiger partial charge in [0.1, 0.15) is 24.2 Å². The summed E-state index contributed by atoms with van der Waals surface area (Å²) in [6.45, 7) is 3.93. The number of hydrogen-bond acceptors (Lipinski definition) is 6. The fraction of sp³-hybridized carbons (Fsp3) is 0.600. The zero-order valence-corrected chi connectivity index (χ0v) is 16.4. The number of ether oxygens (including phenoxy) is 2. The molecule has 0 unspecified atom stereocenters. The van der Waals surface area contributed by atoms with E-state index < -0.39 is 18.1 Å². The quantitative estimate of drug-likeness (QED) is 0.426. The molecule has 152 valence electrons. The second-order valence-electron chi connectivity index (χ2n) is 6.58. The minimum Gasteiger partial charge on any atom is -0.467 e. The molecule has 1 aromatic heterocycles. The van der Waals surface area contributed by atoms with E-state index in [0.29, 0.717) is 5.76 Å². The van der Waals surface area contributed by atoms with Crippen LogP contribution in [-0.2, 0) is 20.7 Å². The van der Waals surface area contributed by atoms with E-state index >= 15 is 0 Å². The molecule has 1 atom stereocenters. The van der Waals surface area contributed by atoms with E-state index in [-0.39, 0.29) is 19.1 Å². The van der Waals surface area contributed by atoms with Crippen LogP contribution in [0.4, 0.5) is 4.79 Å². The van der Waals surface area contributed by atoms with Gasteiger partial charge in [-0.25, -0.2) is 9.59 Å². The number of rotatable bonds is 12. The zero-order chi connectivity index (χ0) is 20.1. The first-order valence-corrected chi connectivity index (χ1v) is 9.35. The van der Waals surface area contributed by atoms with Crippen LogP contribution in [-0.4, -0.2) is 43.5 Å². The number of aliphatic hydroxyl groups is 1. The Kier molecular flexibility index (Phi) is 10.9. The third kappa shape index (κ3) is 9.28. The highest BCUT2D eigenvalue weighted by atomic mass is 16.6. The lowest BCUT2D eigenvalue weighted by Crippen LogP contribution is -2.45. The second kappa shape index (κ2) is 13.0. The summed E-state index contributed by atoms with van der Waals surface area (Å²) in [4.78, 5) is 23.4. The Morgan fingerprint density at radius 2 is 1.96 bits per heavy atom. The predicted molar refractivity (Wildman–Crippen MR) is 102 cm³/mol. The maximum Gasteiger partial charge on any atom is 0.408 e. The molecule has 1 rings (SSSR count). The van der Waals surface area contributed by atoms with Crippen LogP contribution < -0.4 is 5.32 Å². The van der Waals surface area contributed by atoms with Gasteiger partial charge >= 0.3 is 12.1 Å². The number of aryl methyl sites for hydroxylation is 1. The van der Waals surface area contributed by atoms with E-state index in [2.05, 4.69) is 10.1 Å². The molecule has 2 N–H and O–H groups in total. The van der Waals surface area contributed by atoms with Gasteiger partial charge < -0.3 is 24.3 Å². The average molecular weight is 381 g/mol. The molecule has 0 spiro atoms. The van der Waals surface area contributed by atoms with Gasteiger partial charge in [-0.05, 0) is 43.0 Å². The van der Waals surface area contributed by atoms with Gasteiger partial charge in [0, 0.05) is 13.0 Å². The van der Waals surface area contributed by atoms with Gasteiger partial charge in [0.2, 0.25) is 0 Å². The minimum absolute atomic E-state index is 0.0645. The Hall–Kier alpha value is -2.28. The molecule has 0 bridgehead atoms. The lowest BCUT2D eigenvalue weighted by molar-refractivity contribution is -0.144. The number of nitrogens with one attached hydrogen (secondary N) is 1. The molecule has 0 aromatic carbocycles. The number of unbranched alkanes of at least 4 members (excludes halogenated alkanes) is 3. The van der Waals surface area contributed by atoms with Gasteiger partial charge in [0.25, 0.3) is 0 Å². The highest BCUT2D eigenvalue weighted by Gasteiger charge is 2.25. The molecule has 7 heteroatoms. The van der Waals surface area contributed by atoms with Crippen LogP contribution in [0.3, 0.4) is 0 Å². The van der Waals surface area contributed by atoms with Crippen LogP contribution in [0.15, 0.2) is 22.6 Å². The van der Waals surface area contributed by atoms with Gasteiger partial charge in [-0.2, -0.15) is 0 Å². The molecule has 0 saturated heterocycles. The summed E-state index contributed by atoms with van der Waals surface area (Å²) in [5.41, 5.74) is 0. The second-order valence-corrected chi connectivity index (χ2v) is 6.58. The largest absolute Gasteiger partial charge is 0.467 e. The smallest absolute Gasteiger partial charge is 0.408 e. The van der Waals surface area contributed by atoms with Crippen molar-refractivity contribution in [3.63, 3.8) is 0 Å². The van der Waals surface area contributed by atoms with Crippen molar-refractivity contribution in [2.75, 3.05) is 20.3 Å². The third-order valence-corrected chi connectivity index (χ3v) is 4.00. The summed E-state index contributed by atoms with van der Waals surface area (Å²) in [6, 6.07) is 3.06. The van der Waals surface area contributed by atoms with Crippen molar-refractivity contribution in [3.8, 4) is 0 Å². The monoisotopic (exact) mass is 381 g/mol. The standard InChI is InChI=1S/C20H31NO6/c1-15(2)18(19(23)25-3)21-20(24)26-14-8-10-17-12-11-16(27-17)9-6-4-5-7-13-22/h8,10-12,15,18,22H,4-7,9,13-14H2,1-3H3,(H,21,24)/t18-/m0/s1. The Morgan fingerprint density at radius 3 is 2.63 bits per heavy atom. The Morgan fingerprint density at radius 1 is 1.22 bits per heavy atom. The van der Waals surface area contributed by atoms with Crippen molar-refractivity contribution in [1.29, 1.82) is 0 Å². The summed E-state index contributed by atoms with van der Waals surface area (Å²) in [5, 5.41) is 11.2. The van der Waals surface area contributed by atoms with Crippen LogP contribution in [0.5, 0.6) is 0 Å². The van der Waals surface area contributed by atoms with Crippen molar-refractivity contribution in [2.45, 2.75) is 52.0 Å². The van der Waals surface area contributed by atoms with Gasteiger partial charge in [-0.1, -0.05) is 26.7 Å². The Labute approximate surface area is 160 Å². The summed E-state index contributed by atoms with van der Waals surface area (Å²) < 4.78 is 15.4. The number of furan rings is 1. The first kappa shape index (κ1) is 22.8. The van der Waals surface area contributed by atoms with Crippen molar-refractivity contribution < 1.29 is 28.6 Å². The molecule has 27 heavy (non-hydrogen) atoms. The topological polar surface area (TPSA) is 98.0 Å². The molecular weight excluding hydrogens is 350 g/mol. The van der Waals surface area contributed by atoms with Crippen LogP contribution in [0.1, 0.15) is 51.1 Å². The highest BCUT2D eigenvalue weighted by molar-refractivity contribution is 5.81. The zero-order valence-electron chi connectivity index (χ0n) is 16.4. The van der Waals surface area contributed by atoms with Crippen molar-refractivity contribution >= 4 is 18.1 Å². The number of carbonyl (C=O) groups excluding carboxylic acids is 2. The fourth-order valence-electron chi connectivity index (χ4n) is 2.46. The molecule has 7 nitrogen and oxygen atoms in total. The average Bonchev–Trinajstić information content (AvgIpc) is 3.10. The summed E-state index contributed by atoms with van der Waals surface area (Å²) >= 11 is 0. The minimum atomic E-state index is -0.739. The SMILES string of the molecule is COC(=O)[C@@H](NC(=O)OCC=Cc1ccc(CCCCCCO)o1)C(C)C. The van der Waals surface area contributed by atoms with Crippen LogP contribution in [0.2, 0.25) is 0 Å². The maximum absolute atomic E-state index is 11.8. The Bertz CT molecular complexity index is 593. The molecule has 0 aliphatic heterocycles. The third-order valence-electron chi connectivity index (χ3n) is 4.00. The van der Waals surface area contributed by atoms with Gasteiger partial charge in [-0.15, -0.1) is 0 Å². The molecule has 1 amide bonds. The van der Waals surface area contributed by atoms with Crippen LogP contribution >= 0.6 is 0 Å². The molecule has 0 aliphatic carbocycles. The molecule has 1 aromatic rings.